The predicted octanol–water partition coefficient (Wildman–Crippen LogP) is 3.19. The molecule has 0 aromatic heterocycles. The summed E-state index contributed by atoms with van der Waals surface area (Å²) in [6, 6.07) is 0.337. The zero-order chi connectivity index (χ0) is 13.6. The third kappa shape index (κ3) is 6.56. The zero-order valence-corrected chi connectivity index (χ0v) is 13.5. The Bertz CT molecular complexity index is 233. The second-order valence-electron chi connectivity index (χ2n) is 6.37. The predicted molar refractivity (Wildman–Crippen MR) is 78.8 cm³/mol. The summed E-state index contributed by atoms with van der Waals surface area (Å²) in [5.74, 6) is 1.26. The molecule has 0 spiro atoms. The molecule has 0 aliphatic heterocycles. The number of hydrogen-bond donors (Lipinski definition) is 1. The Hall–Kier alpha value is 0.110. The van der Waals surface area contributed by atoms with Crippen molar-refractivity contribution in [3.8, 4) is 0 Å². The molecule has 3 unspecified atom stereocenters. The third-order valence-corrected chi connectivity index (χ3v) is 5.41. The molecule has 104 valence electrons. The minimum absolute atomic E-state index is 0.168. The van der Waals surface area contributed by atoms with Gasteiger partial charge >= 0.3 is 0 Å². The zero-order valence-electron chi connectivity index (χ0n) is 12.7. The number of rotatable bonds is 7. The lowest BCUT2D eigenvalue weighted by atomic mass is 9.88. The number of hydrogen-bond acceptors (Lipinski definition) is 2. The molecule has 0 heterocycles. The largest absolute Gasteiger partial charge is 0.313 e. The van der Waals surface area contributed by atoms with E-state index in [-0.39, 0.29) is 10.7 Å². The van der Waals surface area contributed by atoms with Crippen LogP contribution in [0, 0.1) is 11.3 Å². The van der Waals surface area contributed by atoms with E-state index in [1.807, 2.05) is 0 Å². The van der Waals surface area contributed by atoms with Crippen molar-refractivity contribution < 1.29 is 4.21 Å². The molecule has 0 bridgehead atoms. The molecule has 0 fully saturated rings. The van der Waals surface area contributed by atoms with E-state index in [1.165, 1.54) is 0 Å². The van der Waals surface area contributed by atoms with Crippen LogP contribution >= 0.6 is 0 Å². The van der Waals surface area contributed by atoms with Crippen molar-refractivity contribution in [2.75, 3.05) is 12.3 Å². The highest BCUT2D eigenvalue weighted by molar-refractivity contribution is 7.85. The van der Waals surface area contributed by atoms with Crippen molar-refractivity contribution in [2.24, 2.45) is 11.3 Å². The fourth-order valence-electron chi connectivity index (χ4n) is 1.55. The average molecular weight is 261 g/mol. The lowest BCUT2D eigenvalue weighted by Crippen LogP contribution is -2.45. The fraction of sp³-hybridized carbons (Fsp3) is 1.00. The topological polar surface area (TPSA) is 29.1 Å². The second kappa shape index (κ2) is 7.52. The van der Waals surface area contributed by atoms with Crippen LogP contribution in [0.5, 0.6) is 0 Å². The highest BCUT2D eigenvalue weighted by atomic mass is 32.2. The highest BCUT2D eigenvalue weighted by Crippen LogP contribution is 2.22. The SMILES string of the molecule is CCCNC(CS(=O)C(C)C(C)C)C(C)(C)C. The summed E-state index contributed by atoms with van der Waals surface area (Å²) in [5, 5.41) is 3.82. The van der Waals surface area contributed by atoms with Gasteiger partial charge in [-0.15, -0.1) is 0 Å². The van der Waals surface area contributed by atoms with Crippen LogP contribution in [0.25, 0.3) is 0 Å². The fourth-order valence-corrected chi connectivity index (χ4v) is 3.41. The molecule has 0 saturated heterocycles. The molecule has 2 nitrogen and oxygen atoms in total. The van der Waals surface area contributed by atoms with Gasteiger partial charge in [0.15, 0.2) is 0 Å². The van der Waals surface area contributed by atoms with Crippen LogP contribution in [-0.2, 0) is 10.8 Å². The van der Waals surface area contributed by atoms with Gasteiger partial charge in [-0.25, -0.2) is 0 Å². The van der Waals surface area contributed by atoms with E-state index in [2.05, 4.69) is 53.8 Å². The smallest absolute Gasteiger partial charge is 0.0396 e. The van der Waals surface area contributed by atoms with Crippen molar-refractivity contribution in [1.82, 2.24) is 5.32 Å². The number of nitrogens with one attached hydrogen (secondary N) is 1. The van der Waals surface area contributed by atoms with E-state index in [0.717, 1.165) is 18.7 Å². The van der Waals surface area contributed by atoms with Crippen LogP contribution in [0.4, 0.5) is 0 Å². The van der Waals surface area contributed by atoms with Crippen molar-refractivity contribution in [3.63, 3.8) is 0 Å². The van der Waals surface area contributed by atoms with Crippen LogP contribution < -0.4 is 5.32 Å². The first kappa shape index (κ1) is 17.1. The summed E-state index contributed by atoms with van der Waals surface area (Å²) < 4.78 is 12.3. The van der Waals surface area contributed by atoms with Gasteiger partial charge in [-0.3, -0.25) is 4.21 Å². The van der Waals surface area contributed by atoms with Gasteiger partial charge < -0.3 is 5.32 Å². The lowest BCUT2D eigenvalue weighted by molar-refractivity contribution is 0.290. The van der Waals surface area contributed by atoms with E-state index in [1.54, 1.807) is 0 Å². The van der Waals surface area contributed by atoms with E-state index in [9.17, 15) is 4.21 Å². The van der Waals surface area contributed by atoms with Crippen molar-refractivity contribution in [1.29, 1.82) is 0 Å². The molecule has 0 aromatic rings. The molecule has 0 saturated carbocycles. The van der Waals surface area contributed by atoms with Gasteiger partial charge in [-0.1, -0.05) is 48.5 Å². The van der Waals surface area contributed by atoms with Crippen LogP contribution in [0.2, 0.25) is 0 Å². The van der Waals surface area contributed by atoms with Gasteiger partial charge in [0.25, 0.3) is 0 Å². The lowest BCUT2D eigenvalue weighted by Gasteiger charge is -2.32. The molecule has 3 atom stereocenters. The van der Waals surface area contributed by atoms with E-state index < -0.39 is 10.8 Å². The molecule has 17 heavy (non-hydrogen) atoms. The molecule has 0 aliphatic carbocycles. The van der Waals surface area contributed by atoms with E-state index >= 15 is 0 Å². The molecule has 0 rings (SSSR count). The van der Waals surface area contributed by atoms with E-state index in [4.69, 9.17) is 0 Å². The Kier molecular flexibility index (Phi) is 7.57. The van der Waals surface area contributed by atoms with Crippen LogP contribution in [0.3, 0.4) is 0 Å². The van der Waals surface area contributed by atoms with Gasteiger partial charge in [-0.2, -0.15) is 0 Å². The van der Waals surface area contributed by atoms with Crippen LogP contribution in [-0.4, -0.2) is 27.8 Å². The summed E-state index contributed by atoms with van der Waals surface area (Å²) in [7, 11) is -0.737. The summed E-state index contributed by atoms with van der Waals surface area (Å²) in [4.78, 5) is 0. The summed E-state index contributed by atoms with van der Waals surface area (Å²) in [6.45, 7) is 16.2. The maximum Gasteiger partial charge on any atom is 0.0396 e. The van der Waals surface area contributed by atoms with Gasteiger partial charge in [0.05, 0.1) is 0 Å². The molecule has 3 heteroatoms. The quantitative estimate of drug-likeness (QED) is 0.762. The first-order valence-corrected chi connectivity index (χ1v) is 8.18. The van der Waals surface area contributed by atoms with E-state index in [0.29, 0.717) is 12.0 Å². The maximum atomic E-state index is 12.3. The minimum Gasteiger partial charge on any atom is -0.313 e. The summed E-state index contributed by atoms with van der Waals surface area (Å²) in [6.07, 6.45) is 1.12. The first-order valence-electron chi connectivity index (χ1n) is 6.80. The molecule has 0 aromatic carbocycles. The Morgan fingerprint density at radius 2 is 1.71 bits per heavy atom. The molecule has 1 N–H and O–H groups in total. The van der Waals surface area contributed by atoms with Gasteiger partial charge in [-0.05, 0) is 24.3 Å². The van der Waals surface area contributed by atoms with Crippen LogP contribution in [0.1, 0.15) is 54.9 Å². The standard InChI is InChI=1S/C14H31NOS/c1-8-9-15-13(14(5,6)7)10-17(16)12(4)11(2)3/h11-13,15H,8-10H2,1-7H3. The minimum atomic E-state index is -0.737. The highest BCUT2D eigenvalue weighted by Gasteiger charge is 2.28. The third-order valence-electron chi connectivity index (χ3n) is 3.37. The average Bonchev–Trinajstić information content (AvgIpc) is 2.20. The molecular formula is C14H31NOS. The molecule has 0 aliphatic rings. The van der Waals surface area contributed by atoms with Crippen molar-refractivity contribution in [3.05, 3.63) is 0 Å². The van der Waals surface area contributed by atoms with Crippen molar-refractivity contribution >= 4 is 10.8 Å². The van der Waals surface area contributed by atoms with Gasteiger partial charge in [0.1, 0.15) is 0 Å². The maximum absolute atomic E-state index is 12.3. The normalized spacial score (nSPS) is 18.1. The summed E-state index contributed by atoms with van der Waals surface area (Å²) >= 11 is 0. The molecular weight excluding hydrogens is 230 g/mol. The Morgan fingerprint density at radius 1 is 1.18 bits per heavy atom. The van der Waals surface area contributed by atoms with Gasteiger partial charge in [0, 0.05) is 27.8 Å². The second-order valence-corrected chi connectivity index (χ2v) is 8.21. The van der Waals surface area contributed by atoms with Gasteiger partial charge in [0.2, 0.25) is 0 Å². The van der Waals surface area contributed by atoms with Crippen LogP contribution in [0.15, 0.2) is 0 Å². The molecule has 0 radical (unpaired) electrons. The monoisotopic (exact) mass is 261 g/mol. The summed E-state index contributed by atoms with van der Waals surface area (Å²) in [5.41, 5.74) is 0.168. The first-order chi connectivity index (χ1) is 7.70. The Balaban J connectivity index is 4.48. The van der Waals surface area contributed by atoms with Crippen molar-refractivity contribution in [2.45, 2.75) is 66.2 Å². The Morgan fingerprint density at radius 3 is 2.06 bits per heavy atom. The Labute approximate surface area is 110 Å². The molecule has 0 amide bonds.